The zero-order valence-electron chi connectivity index (χ0n) is 13.6. The maximum Gasteiger partial charge on any atom is 0.335 e. The van der Waals surface area contributed by atoms with Crippen LogP contribution in [0.3, 0.4) is 0 Å². The number of thiophene rings is 1. The molecule has 0 radical (unpaired) electrons. The molecule has 1 aromatic carbocycles. The van der Waals surface area contributed by atoms with E-state index in [0.717, 1.165) is 16.0 Å². The number of aromatic nitrogens is 2. The number of carbonyl (C=O) groups excluding carboxylic acids is 1. The van der Waals surface area contributed by atoms with Crippen LogP contribution in [0, 0.1) is 0 Å². The number of hydrogen-bond donors (Lipinski definition) is 2. The number of nitrogens with one attached hydrogen (secondary N) is 1. The minimum Gasteiger partial charge on any atom is -0.478 e. The van der Waals surface area contributed by atoms with Crippen molar-refractivity contribution in [3.63, 3.8) is 0 Å². The maximum absolute atomic E-state index is 12.2. The second-order valence-corrected chi connectivity index (χ2v) is 7.98. The zero-order chi connectivity index (χ0) is 18.1. The molecule has 3 heterocycles. The molecule has 2 N–H and O–H groups in total. The Morgan fingerprint density at radius 3 is 2.81 bits per heavy atom. The fourth-order valence-corrected chi connectivity index (χ4v) is 4.67. The van der Waals surface area contributed by atoms with Gasteiger partial charge in [-0.1, -0.05) is 18.2 Å². The Kier molecular flexibility index (Phi) is 4.52. The molecule has 8 heteroatoms. The van der Waals surface area contributed by atoms with E-state index < -0.39 is 5.97 Å². The summed E-state index contributed by atoms with van der Waals surface area (Å²) < 4.78 is 1.81. The second kappa shape index (κ2) is 6.97. The summed E-state index contributed by atoms with van der Waals surface area (Å²) in [6.07, 6.45) is 1.79. The Balaban J connectivity index is 1.71. The quantitative estimate of drug-likeness (QED) is 0.718. The van der Waals surface area contributed by atoms with Crippen LogP contribution >= 0.6 is 23.1 Å². The number of anilines is 1. The number of rotatable bonds is 4. The SMILES string of the molecule is O=C1CS[C@H](c2ccc(C(=O)O)cc2)c2cnn(Cc3cccs3)c2N1. The predicted octanol–water partition coefficient (Wildman–Crippen LogP) is 3.47. The van der Waals surface area contributed by atoms with Crippen molar-refractivity contribution in [2.45, 2.75) is 11.8 Å². The molecule has 2 aromatic heterocycles. The van der Waals surface area contributed by atoms with Gasteiger partial charge in [-0.05, 0) is 29.1 Å². The number of amides is 1. The molecule has 1 amide bonds. The minimum atomic E-state index is -0.952. The molecule has 1 aliphatic heterocycles. The van der Waals surface area contributed by atoms with Crippen molar-refractivity contribution in [1.82, 2.24) is 9.78 Å². The molecule has 0 bridgehead atoms. The fourth-order valence-electron chi connectivity index (χ4n) is 2.89. The standard InChI is InChI=1S/C18H15N3O3S2/c22-15-10-26-16(11-3-5-12(6-4-11)18(23)24)14-8-19-21(17(14)20-15)9-13-2-1-7-25-13/h1-8,16H,9-10H2,(H,20,22)(H,23,24)/t16-/m1/s1. The van der Waals surface area contributed by atoms with Crippen molar-refractivity contribution >= 4 is 40.8 Å². The van der Waals surface area contributed by atoms with Crippen molar-refractivity contribution in [3.8, 4) is 0 Å². The first-order chi connectivity index (χ1) is 12.6. The highest BCUT2D eigenvalue weighted by molar-refractivity contribution is 8.00. The van der Waals surface area contributed by atoms with E-state index in [2.05, 4.69) is 10.4 Å². The number of carboxylic acid groups (broad SMARTS) is 1. The topological polar surface area (TPSA) is 84.2 Å². The molecule has 0 saturated carbocycles. The van der Waals surface area contributed by atoms with Crippen LogP contribution < -0.4 is 5.32 Å². The Labute approximate surface area is 157 Å². The summed E-state index contributed by atoms with van der Waals surface area (Å²) in [5, 5.41) is 18.4. The number of nitrogens with zero attached hydrogens (tertiary/aromatic N) is 2. The van der Waals surface area contributed by atoms with Crippen LogP contribution in [0.4, 0.5) is 5.82 Å². The molecule has 0 unspecified atom stereocenters. The molecule has 0 spiro atoms. The van der Waals surface area contributed by atoms with E-state index in [9.17, 15) is 9.59 Å². The number of aromatic carboxylic acids is 1. The molecule has 4 rings (SSSR count). The van der Waals surface area contributed by atoms with Gasteiger partial charge in [0.2, 0.25) is 5.91 Å². The summed E-state index contributed by atoms with van der Waals surface area (Å²) in [6.45, 7) is 0.600. The minimum absolute atomic E-state index is 0.0613. The molecule has 132 valence electrons. The lowest BCUT2D eigenvalue weighted by molar-refractivity contribution is -0.113. The fraction of sp³-hybridized carbons (Fsp3) is 0.167. The van der Waals surface area contributed by atoms with Gasteiger partial charge in [-0.2, -0.15) is 5.10 Å². The van der Waals surface area contributed by atoms with Crippen LogP contribution in [0.15, 0.2) is 48.0 Å². The third-order valence-corrected chi connectivity index (χ3v) is 6.28. The molecule has 1 aliphatic rings. The summed E-state index contributed by atoms with van der Waals surface area (Å²) >= 11 is 3.16. The van der Waals surface area contributed by atoms with E-state index in [1.165, 1.54) is 11.8 Å². The third-order valence-electron chi connectivity index (χ3n) is 4.14. The van der Waals surface area contributed by atoms with Crippen LogP contribution in [0.5, 0.6) is 0 Å². The molecule has 0 fully saturated rings. The Hall–Kier alpha value is -2.58. The van der Waals surface area contributed by atoms with Crippen molar-refractivity contribution in [2.24, 2.45) is 0 Å². The predicted molar refractivity (Wildman–Crippen MR) is 102 cm³/mol. The molecule has 0 saturated heterocycles. The van der Waals surface area contributed by atoms with Crippen LogP contribution in [-0.2, 0) is 11.3 Å². The summed E-state index contributed by atoms with van der Waals surface area (Å²) in [6, 6.07) is 10.8. The normalized spacial score (nSPS) is 16.6. The van der Waals surface area contributed by atoms with E-state index in [-0.39, 0.29) is 16.7 Å². The molecule has 6 nitrogen and oxygen atoms in total. The average molecular weight is 385 g/mol. The number of fused-ring (bicyclic) bond motifs is 1. The van der Waals surface area contributed by atoms with Crippen molar-refractivity contribution in [2.75, 3.05) is 11.1 Å². The number of carboxylic acids is 1. The highest BCUT2D eigenvalue weighted by Crippen LogP contribution is 2.41. The lowest BCUT2D eigenvalue weighted by atomic mass is 10.0. The molecular formula is C18H15N3O3S2. The summed E-state index contributed by atoms with van der Waals surface area (Å²) in [5.41, 5.74) is 2.13. The first kappa shape index (κ1) is 16.9. The van der Waals surface area contributed by atoms with Gasteiger partial charge < -0.3 is 10.4 Å². The van der Waals surface area contributed by atoms with Gasteiger partial charge in [-0.25, -0.2) is 9.48 Å². The van der Waals surface area contributed by atoms with Gasteiger partial charge in [0, 0.05) is 10.4 Å². The first-order valence-corrected chi connectivity index (χ1v) is 9.87. The average Bonchev–Trinajstić information content (AvgIpc) is 3.24. The highest BCUT2D eigenvalue weighted by atomic mass is 32.2. The van der Waals surface area contributed by atoms with Gasteiger partial charge in [-0.3, -0.25) is 4.79 Å². The second-order valence-electron chi connectivity index (χ2n) is 5.85. The largest absolute Gasteiger partial charge is 0.478 e. The van der Waals surface area contributed by atoms with Gasteiger partial charge in [0.25, 0.3) is 0 Å². The van der Waals surface area contributed by atoms with Gasteiger partial charge in [0.1, 0.15) is 5.82 Å². The molecule has 3 aromatic rings. The Morgan fingerprint density at radius 2 is 2.12 bits per heavy atom. The number of carbonyl (C=O) groups is 2. The maximum atomic E-state index is 12.2. The van der Waals surface area contributed by atoms with Crippen molar-refractivity contribution in [1.29, 1.82) is 0 Å². The summed E-state index contributed by atoms with van der Waals surface area (Å²) in [5.74, 6) is 0.0277. The lowest BCUT2D eigenvalue weighted by Crippen LogP contribution is -2.16. The van der Waals surface area contributed by atoms with Gasteiger partial charge in [0.15, 0.2) is 0 Å². The highest BCUT2D eigenvalue weighted by Gasteiger charge is 2.27. The number of benzene rings is 1. The van der Waals surface area contributed by atoms with Gasteiger partial charge in [-0.15, -0.1) is 23.1 Å². The van der Waals surface area contributed by atoms with Crippen LogP contribution in [0.1, 0.15) is 31.6 Å². The first-order valence-electron chi connectivity index (χ1n) is 7.94. The summed E-state index contributed by atoms with van der Waals surface area (Å²) in [7, 11) is 0. The van der Waals surface area contributed by atoms with E-state index in [1.807, 2.05) is 22.2 Å². The monoisotopic (exact) mass is 385 g/mol. The van der Waals surface area contributed by atoms with Crippen molar-refractivity contribution < 1.29 is 14.7 Å². The van der Waals surface area contributed by atoms with Gasteiger partial charge >= 0.3 is 5.97 Å². The smallest absolute Gasteiger partial charge is 0.335 e. The van der Waals surface area contributed by atoms with Crippen LogP contribution in [-0.4, -0.2) is 32.5 Å². The van der Waals surface area contributed by atoms with Gasteiger partial charge in [0.05, 0.1) is 29.3 Å². The Morgan fingerprint density at radius 1 is 1.31 bits per heavy atom. The van der Waals surface area contributed by atoms with E-state index in [1.54, 1.807) is 41.8 Å². The molecule has 0 aliphatic carbocycles. The van der Waals surface area contributed by atoms with E-state index >= 15 is 0 Å². The third kappa shape index (κ3) is 3.25. The lowest BCUT2D eigenvalue weighted by Gasteiger charge is -2.14. The van der Waals surface area contributed by atoms with Crippen molar-refractivity contribution in [3.05, 3.63) is 69.5 Å². The Bertz CT molecular complexity index is 949. The molecule has 1 atom stereocenters. The number of hydrogen-bond acceptors (Lipinski definition) is 5. The zero-order valence-corrected chi connectivity index (χ0v) is 15.2. The number of thioether (sulfide) groups is 1. The molecular weight excluding hydrogens is 370 g/mol. The van der Waals surface area contributed by atoms with Crippen LogP contribution in [0.2, 0.25) is 0 Å². The summed E-state index contributed by atoms with van der Waals surface area (Å²) in [4.78, 5) is 24.4. The van der Waals surface area contributed by atoms with Crippen LogP contribution in [0.25, 0.3) is 0 Å². The molecule has 26 heavy (non-hydrogen) atoms. The van der Waals surface area contributed by atoms with E-state index in [0.29, 0.717) is 18.1 Å². The van der Waals surface area contributed by atoms with E-state index in [4.69, 9.17) is 5.11 Å².